The Morgan fingerprint density at radius 3 is 2.38 bits per heavy atom. The van der Waals surface area contributed by atoms with Gasteiger partial charge in [0.05, 0.1) is 11.8 Å². The molecule has 1 heterocycles. The monoisotopic (exact) mass is 292 g/mol. The van der Waals surface area contributed by atoms with Crippen molar-refractivity contribution >= 4 is 17.7 Å². The third-order valence-corrected chi connectivity index (χ3v) is 4.29. The smallest absolute Gasteiger partial charge is 0.233 e. The summed E-state index contributed by atoms with van der Waals surface area (Å²) in [5.74, 6) is -0.716. The molecular weight excluding hydrogens is 268 g/mol. The van der Waals surface area contributed by atoms with Crippen LogP contribution in [0.5, 0.6) is 0 Å². The summed E-state index contributed by atoms with van der Waals surface area (Å²) >= 11 is 0. The van der Waals surface area contributed by atoms with Crippen molar-refractivity contribution in [3.8, 4) is 0 Å². The first kappa shape index (κ1) is 15.7. The van der Waals surface area contributed by atoms with Crippen molar-refractivity contribution in [2.24, 2.45) is 11.8 Å². The highest BCUT2D eigenvalue weighted by Gasteiger charge is 2.46. The van der Waals surface area contributed by atoms with Gasteiger partial charge in [0.25, 0.3) is 0 Å². The molecule has 1 aliphatic carbocycles. The number of imide groups is 1. The summed E-state index contributed by atoms with van der Waals surface area (Å²) in [7, 11) is 0. The van der Waals surface area contributed by atoms with E-state index in [1.165, 1.54) is 4.90 Å². The summed E-state index contributed by atoms with van der Waals surface area (Å²) in [5, 5.41) is 2.90. The Labute approximate surface area is 125 Å². The van der Waals surface area contributed by atoms with E-state index in [2.05, 4.69) is 12.2 Å². The first-order valence-corrected chi connectivity index (χ1v) is 7.84. The molecule has 0 aromatic heterocycles. The van der Waals surface area contributed by atoms with Crippen LogP contribution in [0, 0.1) is 11.8 Å². The SMILES string of the molecule is CCC[C@@H](C)NC(=O)CCN1C(=O)[C@H]2CC=CC[C@H]2C1=O. The van der Waals surface area contributed by atoms with Gasteiger partial charge < -0.3 is 5.32 Å². The molecule has 2 rings (SSSR count). The Morgan fingerprint density at radius 2 is 1.86 bits per heavy atom. The Kier molecular flexibility index (Phi) is 5.15. The lowest BCUT2D eigenvalue weighted by atomic mass is 9.85. The number of carbonyl (C=O) groups is 3. The van der Waals surface area contributed by atoms with Crippen LogP contribution in [-0.2, 0) is 14.4 Å². The predicted molar refractivity (Wildman–Crippen MR) is 79.2 cm³/mol. The van der Waals surface area contributed by atoms with Crippen LogP contribution in [0.4, 0.5) is 0 Å². The molecule has 21 heavy (non-hydrogen) atoms. The summed E-state index contributed by atoms with van der Waals surface area (Å²) in [6.45, 7) is 4.24. The number of hydrogen-bond donors (Lipinski definition) is 1. The van der Waals surface area contributed by atoms with Crippen molar-refractivity contribution in [2.75, 3.05) is 6.54 Å². The molecule has 0 saturated carbocycles. The number of rotatable bonds is 6. The number of likely N-dealkylation sites (tertiary alicyclic amines) is 1. The number of carbonyl (C=O) groups excluding carboxylic acids is 3. The Morgan fingerprint density at radius 1 is 1.29 bits per heavy atom. The highest BCUT2D eigenvalue weighted by atomic mass is 16.2. The summed E-state index contributed by atoms with van der Waals surface area (Å²) in [5.41, 5.74) is 0. The summed E-state index contributed by atoms with van der Waals surface area (Å²) < 4.78 is 0. The molecule has 2 aliphatic rings. The van der Waals surface area contributed by atoms with Gasteiger partial charge >= 0.3 is 0 Å². The average molecular weight is 292 g/mol. The fourth-order valence-corrected chi connectivity index (χ4v) is 3.15. The van der Waals surface area contributed by atoms with Gasteiger partial charge in [-0.1, -0.05) is 25.5 Å². The largest absolute Gasteiger partial charge is 0.354 e. The molecule has 0 spiro atoms. The number of hydrogen-bond acceptors (Lipinski definition) is 3. The van der Waals surface area contributed by atoms with Crippen molar-refractivity contribution in [3.05, 3.63) is 12.2 Å². The second-order valence-electron chi connectivity index (χ2n) is 5.99. The summed E-state index contributed by atoms with van der Waals surface area (Å²) in [6.07, 6.45) is 7.36. The topological polar surface area (TPSA) is 66.5 Å². The maximum Gasteiger partial charge on any atom is 0.233 e. The molecule has 0 radical (unpaired) electrons. The van der Waals surface area contributed by atoms with E-state index in [0.29, 0.717) is 12.8 Å². The van der Waals surface area contributed by atoms with Crippen LogP contribution in [0.2, 0.25) is 0 Å². The molecule has 0 unspecified atom stereocenters. The Balaban J connectivity index is 1.85. The van der Waals surface area contributed by atoms with Crippen LogP contribution in [-0.4, -0.2) is 35.2 Å². The van der Waals surface area contributed by atoms with Gasteiger partial charge in [-0.15, -0.1) is 0 Å². The molecule has 5 nitrogen and oxygen atoms in total. The van der Waals surface area contributed by atoms with E-state index >= 15 is 0 Å². The van der Waals surface area contributed by atoms with E-state index in [1.807, 2.05) is 19.1 Å². The van der Waals surface area contributed by atoms with Gasteiger partial charge in [0.15, 0.2) is 0 Å². The standard InChI is InChI=1S/C16H24N2O3/c1-3-6-11(2)17-14(19)9-10-18-15(20)12-7-4-5-8-13(12)16(18)21/h4-5,11-13H,3,6-10H2,1-2H3,(H,17,19)/t11-,12-,13+/m1/s1. The molecule has 0 aromatic rings. The van der Waals surface area contributed by atoms with Crippen LogP contribution >= 0.6 is 0 Å². The van der Waals surface area contributed by atoms with Crippen LogP contribution < -0.4 is 5.32 Å². The lowest BCUT2D eigenvalue weighted by Crippen LogP contribution is -2.38. The van der Waals surface area contributed by atoms with E-state index in [4.69, 9.17) is 0 Å². The molecule has 0 bridgehead atoms. The van der Waals surface area contributed by atoms with Gasteiger partial charge in [0.1, 0.15) is 0 Å². The number of fused-ring (bicyclic) bond motifs is 1. The quantitative estimate of drug-likeness (QED) is 0.598. The number of amides is 3. The minimum Gasteiger partial charge on any atom is -0.354 e. The highest BCUT2D eigenvalue weighted by molar-refractivity contribution is 6.05. The predicted octanol–water partition coefficient (Wildman–Crippen LogP) is 1.63. The van der Waals surface area contributed by atoms with Crippen LogP contribution in [0.1, 0.15) is 46.0 Å². The van der Waals surface area contributed by atoms with Crippen molar-refractivity contribution in [3.63, 3.8) is 0 Å². The van der Waals surface area contributed by atoms with Crippen molar-refractivity contribution in [1.82, 2.24) is 10.2 Å². The third kappa shape index (κ3) is 3.52. The van der Waals surface area contributed by atoms with Crippen LogP contribution in [0.25, 0.3) is 0 Å². The molecule has 1 saturated heterocycles. The number of nitrogens with one attached hydrogen (secondary N) is 1. The molecule has 3 amide bonds. The fraction of sp³-hybridized carbons (Fsp3) is 0.688. The van der Waals surface area contributed by atoms with Crippen LogP contribution in [0.15, 0.2) is 12.2 Å². The molecule has 1 fully saturated rings. The number of nitrogens with zero attached hydrogens (tertiary/aromatic N) is 1. The highest BCUT2D eigenvalue weighted by Crippen LogP contribution is 2.34. The molecule has 1 aliphatic heterocycles. The van der Waals surface area contributed by atoms with Gasteiger partial charge in [-0.25, -0.2) is 0 Å². The maximum absolute atomic E-state index is 12.2. The zero-order valence-electron chi connectivity index (χ0n) is 12.8. The lowest BCUT2D eigenvalue weighted by Gasteiger charge is -2.16. The van der Waals surface area contributed by atoms with Crippen molar-refractivity contribution < 1.29 is 14.4 Å². The first-order valence-electron chi connectivity index (χ1n) is 7.84. The zero-order chi connectivity index (χ0) is 15.4. The first-order chi connectivity index (χ1) is 10.0. The normalized spacial score (nSPS) is 25.9. The Hall–Kier alpha value is -1.65. The maximum atomic E-state index is 12.2. The average Bonchev–Trinajstić information content (AvgIpc) is 2.70. The third-order valence-electron chi connectivity index (χ3n) is 4.29. The molecule has 0 aromatic carbocycles. The van der Waals surface area contributed by atoms with Gasteiger partial charge in [-0.05, 0) is 26.2 Å². The van der Waals surface area contributed by atoms with E-state index < -0.39 is 0 Å². The second-order valence-corrected chi connectivity index (χ2v) is 5.99. The fourth-order valence-electron chi connectivity index (χ4n) is 3.15. The van der Waals surface area contributed by atoms with Gasteiger partial charge in [-0.3, -0.25) is 19.3 Å². The number of allylic oxidation sites excluding steroid dienone is 2. The van der Waals surface area contributed by atoms with Gasteiger partial charge in [-0.2, -0.15) is 0 Å². The van der Waals surface area contributed by atoms with Gasteiger partial charge in [0.2, 0.25) is 17.7 Å². The second kappa shape index (κ2) is 6.87. The minimum atomic E-state index is -0.204. The molecule has 3 atom stereocenters. The van der Waals surface area contributed by atoms with E-state index in [0.717, 1.165) is 12.8 Å². The Bertz CT molecular complexity index is 432. The van der Waals surface area contributed by atoms with Crippen LogP contribution in [0.3, 0.4) is 0 Å². The molecule has 1 N–H and O–H groups in total. The van der Waals surface area contributed by atoms with Crippen molar-refractivity contribution in [1.29, 1.82) is 0 Å². The van der Waals surface area contributed by atoms with Gasteiger partial charge in [0, 0.05) is 19.0 Å². The van der Waals surface area contributed by atoms with E-state index in [-0.39, 0.29) is 48.6 Å². The molecule has 116 valence electrons. The van der Waals surface area contributed by atoms with Crippen molar-refractivity contribution in [2.45, 2.75) is 52.0 Å². The zero-order valence-corrected chi connectivity index (χ0v) is 12.8. The summed E-state index contributed by atoms with van der Waals surface area (Å²) in [6, 6.07) is 0.138. The molecular formula is C16H24N2O3. The van der Waals surface area contributed by atoms with E-state index in [9.17, 15) is 14.4 Å². The minimum absolute atomic E-state index is 0.0930. The summed E-state index contributed by atoms with van der Waals surface area (Å²) in [4.78, 5) is 37.6. The van der Waals surface area contributed by atoms with E-state index in [1.54, 1.807) is 0 Å². The lowest BCUT2D eigenvalue weighted by molar-refractivity contribution is -0.140. The molecule has 5 heteroatoms.